The Bertz CT molecular complexity index is 942. The Morgan fingerprint density at radius 1 is 1.25 bits per heavy atom. The van der Waals surface area contributed by atoms with Crippen molar-refractivity contribution in [2.24, 2.45) is 11.8 Å². The number of ether oxygens (including phenoxy) is 1. The number of halogens is 1. The maximum atomic E-state index is 12.9. The largest absolute Gasteiger partial charge is 0.481 e. The quantitative estimate of drug-likeness (QED) is 0.800. The molecule has 28 heavy (non-hydrogen) atoms. The van der Waals surface area contributed by atoms with Gasteiger partial charge in [-0.05, 0) is 38.3 Å². The van der Waals surface area contributed by atoms with Crippen LogP contribution in [0.25, 0.3) is 0 Å². The number of carbonyl (C=O) groups excluding carboxylic acids is 1. The Hall–Kier alpha value is -2.38. The number of carboxylic acid groups (broad SMARTS) is 1. The molecule has 3 heterocycles. The van der Waals surface area contributed by atoms with E-state index in [1.54, 1.807) is 4.68 Å². The van der Waals surface area contributed by atoms with Gasteiger partial charge in [-0.3, -0.25) is 14.3 Å². The van der Waals surface area contributed by atoms with Gasteiger partial charge in [0.05, 0.1) is 47.7 Å². The molecule has 1 aromatic heterocycles. The number of aliphatic carboxylic acids is 1. The summed E-state index contributed by atoms with van der Waals surface area (Å²) in [5.41, 5.74) is 3.01. The number of rotatable bonds is 5. The number of aromatic nitrogens is 2. The highest BCUT2D eigenvalue weighted by Crippen LogP contribution is 2.44. The first-order chi connectivity index (χ1) is 13.4. The van der Waals surface area contributed by atoms with Crippen molar-refractivity contribution in [3.05, 3.63) is 46.2 Å². The Morgan fingerprint density at radius 3 is 2.61 bits per heavy atom. The van der Waals surface area contributed by atoms with Gasteiger partial charge in [0, 0.05) is 5.02 Å². The van der Waals surface area contributed by atoms with Gasteiger partial charge in [-0.15, -0.1) is 0 Å². The number of carboxylic acids is 1. The predicted molar refractivity (Wildman–Crippen MR) is 103 cm³/mol. The van der Waals surface area contributed by atoms with Crippen LogP contribution in [-0.2, 0) is 20.9 Å². The van der Waals surface area contributed by atoms with Gasteiger partial charge < -0.3 is 15.2 Å². The summed E-state index contributed by atoms with van der Waals surface area (Å²) in [4.78, 5) is 24.6. The van der Waals surface area contributed by atoms with E-state index in [0.717, 1.165) is 17.7 Å². The zero-order valence-electron chi connectivity index (χ0n) is 15.7. The fraction of sp³-hybridized carbons (Fsp3) is 0.450. The van der Waals surface area contributed by atoms with Crippen LogP contribution in [0.3, 0.4) is 0 Å². The molecule has 7 nitrogen and oxygen atoms in total. The van der Waals surface area contributed by atoms with Crippen LogP contribution in [0.15, 0.2) is 24.3 Å². The molecule has 2 N–H and O–H groups in total. The van der Waals surface area contributed by atoms with Crippen molar-refractivity contribution in [2.45, 2.75) is 45.4 Å². The summed E-state index contributed by atoms with van der Waals surface area (Å²) in [5, 5.41) is 17.6. The minimum atomic E-state index is -0.977. The maximum absolute atomic E-state index is 12.9. The molecule has 0 spiro atoms. The molecule has 2 fully saturated rings. The van der Waals surface area contributed by atoms with Crippen LogP contribution in [0.4, 0.5) is 5.69 Å². The lowest BCUT2D eigenvalue weighted by molar-refractivity contribution is -0.147. The van der Waals surface area contributed by atoms with E-state index >= 15 is 0 Å². The van der Waals surface area contributed by atoms with Crippen molar-refractivity contribution >= 4 is 29.2 Å². The number of fused-ring (bicyclic) bond motifs is 2. The number of benzene rings is 1. The van der Waals surface area contributed by atoms with Crippen LogP contribution in [0.5, 0.6) is 0 Å². The molecule has 2 aliphatic rings. The Balaban J connectivity index is 1.55. The van der Waals surface area contributed by atoms with Gasteiger partial charge in [-0.25, -0.2) is 0 Å². The van der Waals surface area contributed by atoms with E-state index < -0.39 is 17.8 Å². The molecule has 0 saturated carbocycles. The molecule has 2 aromatic rings. The highest BCUT2D eigenvalue weighted by Gasteiger charge is 2.55. The molecule has 0 unspecified atom stereocenters. The Kier molecular flexibility index (Phi) is 4.89. The molecule has 148 valence electrons. The first kappa shape index (κ1) is 19.0. The van der Waals surface area contributed by atoms with E-state index in [4.69, 9.17) is 16.3 Å². The second kappa shape index (κ2) is 7.22. The van der Waals surface area contributed by atoms with Gasteiger partial charge in [-0.1, -0.05) is 29.8 Å². The third kappa shape index (κ3) is 3.18. The first-order valence-electron chi connectivity index (χ1n) is 9.33. The Morgan fingerprint density at radius 2 is 1.93 bits per heavy atom. The molecule has 0 aliphatic carbocycles. The van der Waals surface area contributed by atoms with Gasteiger partial charge in [0.25, 0.3) is 0 Å². The topological polar surface area (TPSA) is 93.5 Å². The summed E-state index contributed by atoms with van der Waals surface area (Å²) in [5.74, 6) is -2.77. The summed E-state index contributed by atoms with van der Waals surface area (Å²) in [6.07, 6.45) is 0.712. The lowest BCUT2D eigenvalue weighted by atomic mass is 9.78. The van der Waals surface area contributed by atoms with Crippen LogP contribution < -0.4 is 5.32 Å². The molecular formula is C20H22ClN3O4. The van der Waals surface area contributed by atoms with Crippen LogP contribution in [-0.4, -0.2) is 39.0 Å². The summed E-state index contributed by atoms with van der Waals surface area (Å²) in [6, 6.07) is 7.54. The van der Waals surface area contributed by atoms with Crippen molar-refractivity contribution in [1.82, 2.24) is 9.78 Å². The zero-order valence-corrected chi connectivity index (χ0v) is 16.4. The maximum Gasteiger partial charge on any atom is 0.310 e. The van der Waals surface area contributed by atoms with E-state index in [1.807, 2.05) is 38.1 Å². The molecule has 4 atom stereocenters. The predicted octanol–water partition coefficient (Wildman–Crippen LogP) is 3.02. The molecular weight excluding hydrogens is 382 g/mol. The van der Waals surface area contributed by atoms with E-state index in [1.165, 1.54) is 0 Å². The molecule has 8 heteroatoms. The summed E-state index contributed by atoms with van der Waals surface area (Å²) < 4.78 is 7.49. The van der Waals surface area contributed by atoms with Gasteiger partial charge >= 0.3 is 5.97 Å². The number of amides is 1. The lowest BCUT2D eigenvalue weighted by Crippen LogP contribution is -2.41. The molecule has 2 aliphatic heterocycles. The second-order valence-corrected chi connectivity index (χ2v) is 7.87. The van der Waals surface area contributed by atoms with Gasteiger partial charge in [-0.2, -0.15) is 5.10 Å². The third-order valence-corrected chi connectivity index (χ3v) is 6.14. The SMILES string of the molecule is Cc1nn(Cc2ccccc2Cl)c(C)c1NC(=O)[C@@H]1[C@@H](C(=O)O)[C@@H]2CC[C@@H]1O2. The number of aryl methyl sites for hydroxylation is 1. The fourth-order valence-electron chi connectivity index (χ4n) is 4.35. The number of nitrogens with one attached hydrogen (secondary N) is 1. The van der Waals surface area contributed by atoms with E-state index in [0.29, 0.717) is 29.4 Å². The van der Waals surface area contributed by atoms with Crippen LogP contribution in [0.1, 0.15) is 29.8 Å². The standard InChI is InChI=1S/C20H22ClN3O4/c1-10-18(11(2)24(23-10)9-12-5-3-4-6-13(12)21)22-19(25)16-14-7-8-15(28-14)17(16)20(26)27/h3-6,14-17H,7-9H2,1-2H3,(H,22,25)(H,26,27)/t14-,15-,16-,17-/m0/s1. The molecule has 1 aromatic carbocycles. The molecule has 2 bridgehead atoms. The van der Waals surface area contributed by atoms with Crippen LogP contribution >= 0.6 is 11.6 Å². The van der Waals surface area contributed by atoms with Crippen LogP contribution in [0, 0.1) is 25.7 Å². The van der Waals surface area contributed by atoms with E-state index in [-0.39, 0.29) is 18.1 Å². The van der Waals surface area contributed by atoms with E-state index in [2.05, 4.69) is 10.4 Å². The molecule has 0 radical (unpaired) electrons. The lowest BCUT2D eigenvalue weighted by Gasteiger charge is -2.23. The van der Waals surface area contributed by atoms with Gasteiger partial charge in [0.1, 0.15) is 0 Å². The van der Waals surface area contributed by atoms with Gasteiger partial charge in [0.15, 0.2) is 0 Å². The molecule has 2 saturated heterocycles. The average Bonchev–Trinajstić information content (AvgIpc) is 3.33. The minimum Gasteiger partial charge on any atom is -0.481 e. The fourth-order valence-corrected chi connectivity index (χ4v) is 4.55. The first-order valence-corrected chi connectivity index (χ1v) is 9.71. The minimum absolute atomic E-state index is 0.317. The zero-order chi connectivity index (χ0) is 20.0. The average molecular weight is 404 g/mol. The second-order valence-electron chi connectivity index (χ2n) is 7.46. The number of nitrogens with zero attached hydrogens (tertiary/aromatic N) is 2. The number of hydrogen-bond donors (Lipinski definition) is 2. The van der Waals surface area contributed by atoms with E-state index in [9.17, 15) is 14.7 Å². The van der Waals surface area contributed by atoms with Crippen molar-refractivity contribution < 1.29 is 19.4 Å². The van der Waals surface area contributed by atoms with Crippen molar-refractivity contribution in [3.63, 3.8) is 0 Å². The highest BCUT2D eigenvalue weighted by atomic mass is 35.5. The Labute approximate surface area is 167 Å². The molecule has 4 rings (SSSR count). The summed E-state index contributed by atoms with van der Waals surface area (Å²) >= 11 is 6.24. The molecule has 1 amide bonds. The normalized spacial score (nSPS) is 25.8. The highest BCUT2D eigenvalue weighted by molar-refractivity contribution is 6.31. The number of hydrogen-bond acceptors (Lipinski definition) is 4. The number of carbonyl (C=O) groups is 2. The van der Waals surface area contributed by atoms with Crippen LogP contribution in [0.2, 0.25) is 5.02 Å². The number of anilines is 1. The summed E-state index contributed by atoms with van der Waals surface area (Å²) in [7, 11) is 0. The monoisotopic (exact) mass is 403 g/mol. The van der Waals surface area contributed by atoms with Crippen molar-refractivity contribution in [3.8, 4) is 0 Å². The van der Waals surface area contributed by atoms with Crippen molar-refractivity contribution in [1.29, 1.82) is 0 Å². The smallest absolute Gasteiger partial charge is 0.310 e. The van der Waals surface area contributed by atoms with Gasteiger partial charge in [0.2, 0.25) is 5.91 Å². The summed E-state index contributed by atoms with van der Waals surface area (Å²) in [6.45, 7) is 4.17. The third-order valence-electron chi connectivity index (χ3n) is 5.77. The van der Waals surface area contributed by atoms with Crippen molar-refractivity contribution in [2.75, 3.05) is 5.32 Å².